The van der Waals surface area contributed by atoms with Crippen LogP contribution in [-0.4, -0.2) is 69.6 Å². The number of anilines is 1. The Morgan fingerprint density at radius 1 is 0.964 bits per heavy atom. The minimum Gasteiger partial charge on any atom is -0.507 e. The van der Waals surface area contributed by atoms with E-state index in [1.165, 1.54) is 39.4 Å². The summed E-state index contributed by atoms with van der Waals surface area (Å²) in [7, 11) is 1.49. The number of phenolic OH excluding ortho intramolecular Hbond substituents is 1. The number of allylic oxidation sites excluding steroid dienone is 2. The highest BCUT2D eigenvalue weighted by molar-refractivity contribution is 6.21. The maximum absolute atomic E-state index is 14.5. The largest absolute Gasteiger partial charge is 0.507 e. The summed E-state index contributed by atoms with van der Waals surface area (Å²) in [6, 6.07) is 3.66. The first-order valence-electron chi connectivity index (χ1n) is 18.8. The van der Waals surface area contributed by atoms with E-state index < -0.39 is 52.8 Å². The molecule has 2 aromatic rings. The molecule has 0 fully saturated rings. The molecule has 0 spiro atoms. The molecule has 0 radical (unpaired) electrons. The predicted molar refractivity (Wildman–Crippen MR) is 209 cm³/mol. The molecule has 4 bridgehead atoms. The molecule has 298 valence electrons. The van der Waals surface area contributed by atoms with Crippen LogP contribution in [0.1, 0.15) is 64.4 Å². The normalized spacial score (nSPS) is 31.5. The highest BCUT2D eigenvalue weighted by Crippen LogP contribution is 2.50. The van der Waals surface area contributed by atoms with Crippen molar-refractivity contribution >= 4 is 39.1 Å². The van der Waals surface area contributed by atoms with Gasteiger partial charge >= 0.3 is 5.79 Å². The fourth-order valence-electron chi connectivity index (χ4n) is 7.76. The number of aromatic nitrogens is 1. The van der Waals surface area contributed by atoms with Gasteiger partial charge in [-0.05, 0) is 55.4 Å². The molecule has 2 aromatic carbocycles. The van der Waals surface area contributed by atoms with Crippen LogP contribution in [0.2, 0.25) is 0 Å². The minimum atomic E-state index is -1.98. The maximum atomic E-state index is 14.5. The van der Waals surface area contributed by atoms with E-state index in [1.807, 2.05) is 34.6 Å². The van der Waals surface area contributed by atoms with Crippen molar-refractivity contribution in [1.82, 2.24) is 4.98 Å². The monoisotopic (exact) mass is 772 g/mol. The molecule has 12 nitrogen and oxygen atoms in total. The van der Waals surface area contributed by atoms with Crippen molar-refractivity contribution < 1.29 is 47.9 Å². The van der Waals surface area contributed by atoms with Crippen LogP contribution in [0.25, 0.3) is 33.3 Å². The molecule has 6 rings (SSSR count). The summed E-state index contributed by atoms with van der Waals surface area (Å²) in [5.41, 5.74) is -0.522. The molecule has 4 aliphatic rings. The van der Waals surface area contributed by atoms with Crippen LogP contribution in [0, 0.1) is 42.3 Å². The van der Waals surface area contributed by atoms with Gasteiger partial charge in [-0.1, -0.05) is 52.8 Å². The second-order valence-corrected chi connectivity index (χ2v) is 15.4. The van der Waals surface area contributed by atoms with E-state index in [4.69, 9.17) is 23.6 Å². The fraction of sp³-hybridized carbons (Fsp3) is 0.442. The third kappa shape index (κ3) is 6.96. The number of ketones is 2. The summed E-state index contributed by atoms with van der Waals surface area (Å²) in [5.74, 6) is -5.69. The van der Waals surface area contributed by atoms with E-state index in [-0.39, 0.29) is 91.9 Å². The molecule has 0 aromatic heterocycles. The Bertz CT molecular complexity index is 2330. The van der Waals surface area contributed by atoms with Gasteiger partial charge in [0.2, 0.25) is 5.43 Å². The SMILES string of the molecule is CO[C@H]1/C=C/O[C@@]2(C)Oc3c(C)c(O)c4c(=O)c(c5oc6cc(F)ccc6nc-5c4c3C2=O)NCC(=O)/C(C)=C\C=C\[C@H](C)[C@H](O)[C@@H](C)[C@@H](C)[C@@H](C)[C@H](O)[C@@H]1C. The third-order valence-corrected chi connectivity index (χ3v) is 11.9. The van der Waals surface area contributed by atoms with Gasteiger partial charge < -0.3 is 39.3 Å². The second-order valence-electron chi connectivity index (χ2n) is 15.4. The molecule has 13 heteroatoms. The first-order valence-corrected chi connectivity index (χ1v) is 18.8. The highest BCUT2D eigenvalue weighted by Gasteiger charge is 2.50. The average molecular weight is 773 g/mol. The Morgan fingerprint density at radius 3 is 2.36 bits per heavy atom. The van der Waals surface area contributed by atoms with Gasteiger partial charge in [-0.25, -0.2) is 9.37 Å². The summed E-state index contributed by atoms with van der Waals surface area (Å²) in [6.45, 7) is 13.7. The lowest BCUT2D eigenvalue weighted by Gasteiger charge is -2.37. The van der Waals surface area contributed by atoms with Crippen molar-refractivity contribution in [3.05, 3.63) is 81.5 Å². The van der Waals surface area contributed by atoms with Gasteiger partial charge in [-0.15, -0.1) is 0 Å². The Kier molecular flexibility index (Phi) is 11.2. The number of halogens is 1. The molecule has 3 heterocycles. The summed E-state index contributed by atoms with van der Waals surface area (Å²) in [4.78, 5) is 47.0. The van der Waals surface area contributed by atoms with Crippen LogP contribution in [0.3, 0.4) is 0 Å². The molecular weight excluding hydrogens is 723 g/mol. The molecule has 9 atom stereocenters. The van der Waals surface area contributed by atoms with E-state index in [9.17, 15) is 34.1 Å². The molecule has 0 unspecified atom stereocenters. The Labute approximate surface area is 324 Å². The van der Waals surface area contributed by atoms with Gasteiger partial charge in [0.25, 0.3) is 5.78 Å². The fourth-order valence-corrected chi connectivity index (χ4v) is 7.76. The zero-order valence-electron chi connectivity index (χ0n) is 33.0. The van der Waals surface area contributed by atoms with Crippen LogP contribution in [0.5, 0.6) is 11.5 Å². The van der Waals surface area contributed by atoms with Gasteiger partial charge in [0.15, 0.2) is 17.1 Å². The standard InChI is InChI=1S/C43H49FN2O10/c1-19-11-10-12-20(2)36(48)22(4)21(3)23(5)37(49)24(6)29(53-9)15-16-54-43(8)42(52)33-31-32(38(50)25(7)40(33)56-43)39(51)35(45-18-28(19)47)41-34(31)46-27-14-13-26(44)17-30(27)55-41/h10-17,20-24,29,36-37,45,48-50H,18H2,1-9H3/b12-10+,16-15+,19-11-/t20-,21+,22-,23+,24+,29-,36-,37-,43-/m0/s1. The number of nitrogens with zero attached hydrogens (tertiary/aromatic N) is 1. The number of ether oxygens (including phenoxy) is 3. The summed E-state index contributed by atoms with van der Waals surface area (Å²) < 4.78 is 38.4. The van der Waals surface area contributed by atoms with Crippen LogP contribution in [0.4, 0.5) is 10.1 Å². The number of aliphatic hydroxyl groups is 2. The van der Waals surface area contributed by atoms with E-state index in [0.29, 0.717) is 5.57 Å². The Balaban J connectivity index is 1.55. The molecule has 0 saturated heterocycles. The van der Waals surface area contributed by atoms with Crippen LogP contribution in [0.15, 0.2) is 63.6 Å². The van der Waals surface area contributed by atoms with Gasteiger partial charge in [0, 0.05) is 42.9 Å². The summed E-state index contributed by atoms with van der Waals surface area (Å²) in [5, 5.41) is 37.0. The van der Waals surface area contributed by atoms with Crippen LogP contribution in [-0.2, 0) is 14.3 Å². The van der Waals surface area contributed by atoms with Crippen molar-refractivity contribution in [3.63, 3.8) is 0 Å². The first kappa shape index (κ1) is 40.6. The maximum Gasteiger partial charge on any atom is 0.312 e. The molecule has 1 aliphatic carbocycles. The molecule has 3 aliphatic heterocycles. The number of carbonyl (C=O) groups excluding carboxylic acids is 2. The number of rotatable bonds is 1. The summed E-state index contributed by atoms with van der Waals surface area (Å²) >= 11 is 0. The van der Waals surface area contributed by atoms with Crippen molar-refractivity contribution in [2.75, 3.05) is 19.0 Å². The van der Waals surface area contributed by atoms with Crippen LogP contribution < -0.4 is 15.5 Å². The van der Waals surface area contributed by atoms with Gasteiger partial charge in [0.05, 0.1) is 42.1 Å². The Hall–Kier alpha value is -5.11. The van der Waals surface area contributed by atoms with Crippen molar-refractivity contribution in [3.8, 4) is 23.0 Å². The second kappa shape index (κ2) is 15.4. The van der Waals surface area contributed by atoms with Crippen molar-refractivity contribution in [2.45, 2.75) is 79.5 Å². The lowest BCUT2D eigenvalue weighted by Crippen LogP contribution is -2.41. The van der Waals surface area contributed by atoms with Crippen molar-refractivity contribution in [1.29, 1.82) is 0 Å². The number of Topliss-reactive ketones (excluding diaryl/α,β-unsaturated/α-hetero) is 2. The number of carbonyl (C=O) groups is 2. The number of phenols is 1. The number of nitrogens with one attached hydrogen (secondary N) is 1. The van der Waals surface area contributed by atoms with Crippen molar-refractivity contribution in [2.24, 2.45) is 29.6 Å². The number of hydrogen-bond donors (Lipinski definition) is 4. The molecular formula is C43H49FN2O10. The van der Waals surface area contributed by atoms with Gasteiger partial charge in [0.1, 0.15) is 34.2 Å². The molecule has 4 N–H and O–H groups in total. The minimum absolute atomic E-state index is 0.00822. The zero-order valence-corrected chi connectivity index (χ0v) is 33.0. The lowest BCUT2D eigenvalue weighted by atomic mass is 9.73. The number of hydrogen-bond acceptors (Lipinski definition) is 12. The van der Waals surface area contributed by atoms with Gasteiger partial charge in [-0.2, -0.15) is 0 Å². The highest BCUT2D eigenvalue weighted by atomic mass is 19.1. The molecule has 0 amide bonds. The first-order chi connectivity index (χ1) is 26.4. The van der Waals surface area contributed by atoms with E-state index >= 15 is 0 Å². The zero-order chi connectivity index (χ0) is 41.0. The van der Waals surface area contributed by atoms with Crippen LogP contribution >= 0.6 is 0 Å². The molecule has 0 saturated carbocycles. The third-order valence-electron chi connectivity index (χ3n) is 11.9. The number of benzene rings is 3. The number of fused-ring (bicyclic) bond motifs is 2. The van der Waals surface area contributed by atoms with E-state index in [2.05, 4.69) is 5.32 Å². The predicted octanol–water partition coefficient (Wildman–Crippen LogP) is 6.84. The lowest BCUT2D eigenvalue weighted by molar-refractivity contribution is -0.114. The topological polar surface area (TPSA) is 178 Å². The smallest absolute Gasteiger partial charge is 0.312 e. The number of methoxy groups -OCH3 is 1. The number of aliphatic hydroxyl groups excluding tert-OH is 2. The number of aromatic hydroxyl groups is 1. The Morgan fingerprint density at radius 2 is 1.66 bits per heavy atom. The van der Waals surface area contributed by atoms with E-state index in [0.717, 1.165) is 6.07 Å². The summed E-state index contributed by atoms with van der Waals surface area (Å²) in [6.07, 6.45) is 5.65. The average Bonchev–Trinajstić information content (AvgIpc) is 3.44. The quantitative estimate of drug-likeness (QED) is 0.117. The molecule has 56 heavy (non-hydrogen) atoms. The van der Waals surface area contributed by atoms with E-state index in [1.54, 1.807) is 31.2 Å². The van der Waals surface area contributed by atoms with Gasteiger partial charge in [-0.3, -0.25) is 14.4 Å².